The minimum atomic E-state index is -3.52. The molecular weight excluding hydrogens is 354 g/mol. The van der Waals surface area contributed by atoms with Crippen LogP contribution in [0.25, 0.3) is 16.5 Å². The molecule has 1 N–H and O–H groups in total. The van der Waals surface area contributed by atoms with Crippen LogP contribution in [0.1, 0.15) is 12.8 Å². The largest absolute Gasteiger partial charge is 0.277 e. The average Bonchev–Trinajstić information content (AvgIpc) is 3.20. The smallest absolute Gasteiger partial charge is 0.267 e. The molecule has 1 saturated heterocycles. The van der Waals surface area contributed by atoms with Gasteiger partial charge in [0.2, 0.25) is 10.0 Å². The first-order valence-corrected chi connectivity index (χ1v) is 9.77. The highest BCUT2D eigenvalue weighted by atomic mass is 32.2. The molecule has 1 aliphatic heterocycles. The van der Waals surface area contributed by atoms with Crippen LogP contribution in [-0.4, -0.2) is 35.6 Å². The second-order valence-corrected chi connectivity index (χ2v) is 8.17. The average molecular weight is 371 g/mol. The fourth-order valence-electron chi connectivity index (χ4n) is 3.23. The van der Waals surface area contributed by atoms with Crippen molar-refractivity contribution >= 4 is 20.8 Å². The van der Waals surface area contributed by atoms with Crippen LogP contribution in [0.4, 0.5) is 0 Å². The Kier molecular flexibility index (Phi) is 4.01. The van der Waals surface area contributed by atoms with E-state index >= 15 is 0 Å². The maximum Gasteiger partial charge on any atom is 0.277 e. The van der Waals surface area contributed by atoms with Crippen LogP contribution in [0.15, 0.2) is 63.0 Å². The Labute approximate surface area is 149 Å². The van der Waals surface area contributed by atoms with Crippen molar-refractivity contribution in [3.05, 3.63) is 69.2 Å². The van der Waals surface area contributed by atoms with Crippen molar-refractivity contribution < 1.29 is 8.42 Å². The van der Waals surface area contributed by atoms with E-state index in [-0.39, 0.29) is 16.0 Å². The van der Waals surface area contributed by atoms with E-state index in [1.54, 1.807) is 24.3 Å². The summed E-state index contributed by atoms with van der Waals surface area (Å²) in [6, 6.07) is 12.5. The summed E-state index contributed by atoms with van der Waals surface area (Å²) in [7, 11) is -3.52. The van der Waals surface area contributed by atoms with Gasteiger partial charge in [0.25, 0.3) is 11.1 Å². The number of rotatable bonds is 3. The van der Waals surface area contributed by atoms with Crippen LogP contribution in [0, 0.1) is 0 Å². The van der Waals surface area contributed by atoms with E-state index < -0.39 is 10.0 Å². The van der Waals surface area contributed by atoms with Crippen molar-refractivity contribution in [2.24, 2.45) is 0 Å². The molecule has 0 saturated carbocycles. The highest BCUT2D eigenvalue weighted by Gasteiger charge is 2.27. The quantitative estimate of drug-likeness (QED) is 0.754. The Morgan fingerprint density at radius 1 is 0.846 bits per heavy atom. The molecule has 8 heteroatoms. The van der Waals surface area contributed by atoms with Gasteiger partial charge in [0.15, 0.2) is 0 Å². The molecule has 2 heterocycles. The van der Waals surface area contributed by atoms with Gasteiger partial charge in [-0.15, -0.1) is 0 Å². The van der Waals surface area contributed by atoms with Gasteiger partial charge in [-0.3, -0.25) is 14.7 Å². The molecular formula is C18H17N3O4S. The van der Waals surface area contributed by atoms with Gasteiger partial charge in [0, 0.05) is 13.1 Å². The summed E-state index contributed by atoms with van der Waals surface area (Å²) in [5.74, 6) is 0. The van der Waals surface area contributed by atoms with Gasteiger partial charge in [-0.1, -0.05) is 12.1 Å². The van der Waals surface area contributed by atoms with Gasteiger partial charge < -0.3 is 0 Å². The lowest BCUT2D eigenvalue weighted by Crippen LogP contribution is -2.29. The summed E-state index contributed by atoms with van der Waals surface area (Å²) >= 11 is 0. The molecule has 7 nitrogen and oxygen atoms in total. The molecule has 0 unspecified atom stereocenters. The molecule has 3 aromatic rings. The molecule has 1 aliphatic rings. The van der Waals surface area contributed by atoms with E-state index in [0.29, 0.717) is 29.5 Å². The first kappa shape index (κ1) is 16.7. The van der Waals surface area contributed by atoms with Crippen LogP contribution < -0.4 is 11.1 Å². The van der Waals surface area contributed by atoms with Crippen molar-refractivity contribution in [2.75, 3.05) is 13.1 Å². The Hall–Kier alpha value is -2.71. The maximum absolute atomic E-state index is 12.6. The summed E-state index contributed by atoms with van der Waals surface area (Å²) in [4.78, 5) is 25.0. The van der Waals surface area contributed by atoms with E-state index in [1.807, 2.05) is 0 Å². The number of aromatic nitrogens is 2. The van der Waals surface area contributed by atoms with E-state index in [1.165, 1.54) is 28.6 Å². The van der Waals surface area contributed by atoms with Crippen molar-refractivity contribution in [3.8, 4) is 5.69 Å². The number of aromatic amines is 1. The Balaban J connectivity index is 1.79. The number of sulfonamides is 1. The molecule has 0 atom stereocenters. The van der Waals surface area contributed by atoms with Crippen molar-refractivity contribution in [3.63, 3.8) is 0 Å². The molecule has 0 bridgehead atoms. The first-order chi connectivity index (χ1) is 12.5. The standard InChI is InChI=1S/C18H17N3O4S/c22-17-15-5-1-2-6-16(15)18(23)21(19-17)13-7-9-14(10-8-13)26(24,25)20-11-3-4-12-20/h1-2,5-10H,3-4,11-12H2,(H,19,22). The van der Waals surface area contributed by atoms with Gasteiger partial charge in [0.05, 0.1) is 21.4 Å². The number of benzene rings is 2. The molecule has 0 spiro atoms. The SMILES string of the molecule is O=c1[nH]n(-c2ccc(S(=O)(=O)N3CCCC3)cc2)c(=O)c2ccccc12. The molecule has 1 fully saturated rings. The first-order valence-electron chi connectivity index (χ1n) is 8.33. The summed E-state index contributed by atoms with van der Waals surface area (Å²) in [5, 5.41) is 3.17. The lowest BCUT2D eigenvalue weighted by molar-refractivity contribution is 0.477. The Bertz CT molecular complexity index is 1190. The lowest BCUT2D eigenvalue weighted by atomic mass is 10.2. The predicted molar refractivity (Wildman–Crippen MR) is 98.2 cm³/mol. The topological polar surface area (TPSA) is 92.2 Å². The zero-order valence-corrected chi connectivity index (χ0v) is 14.7. The second-order valence-electron chi connectivity index (χ2n) is 6.23. The molecule has 134 valence electrons. The van der Waals surface area contributed by atoms with E-state index in [0.717, 1.165) is 17.5 Å². The van der Waals surface area contributed by atoms with Crippen molar-refractivity contribution in [2.45, 2.75) is 17.7 Å². The van der Waals surface area contributed by atoms with Gasteiger partial charge in [-0.2, -0.15) is 4.31 Å². The van der Waals surface area contributed by atoms with Crippen LogP contribution in [0.2, 0.25) is 0 Å². The summed E-state index contributed by atoms with van der Waals surface area (Å²) in [6.07, 6.45) is 1.73. The summed E-state index contributed by atoms with van der Waals surface area (Å²) in [5.41, 5.74) is -0.345. The molecule has 1 aromatic heterocycles. The zero-order chi connectivity index (χ0) is 18.3. The number of nitrogens with one attached hydrogen (secondary N) is 1. The van der Waals surface area contributed by atoms with Crippen LogP contribution in [0.3, 0.4) is 0 Å². The summed E-state index contributed by atoms with van der Waals surface area (Å²) < 4.78 is 27.8. The van der Waals surface area contributed by atoms with Gasteiger partial charge in [-0.25, -0.2) is 13.1 Å². The van der Waals surface area contributed by atoms with Crippen molar-refractivity contribution in [1.29, 1.82) is 0 Å². The fraction of sp³-hybridized carbons (Fsp3) is 0.222. The van der Waals surface area contributed by atoms with E-state index in [2.05, 4.69) is 5.10 Å². The van der Waals surface area contributed by atoms with E-state index in [4.69, 9.17) is 0 Å². The monoisotopic (exact) mass is 371 g/mol. The molecule has 0 amide bonds. The molecule has 26 heavy (non-hydrogen) atoms. The number of fused-ring (bicyclic) bond motifs is 1. The third-order valence-corrected chi connectivity index (χ3v) is 6.53. The van der Waals surface area contributed by atoms with Crippen LogP contribution in [-0.2, 0) is 10.0 Å². The summed E-state index contributed by atoms with van der Waals surface area (Å²) in [6.45, 7) is 1.06. The maximum atomic E-state index is 12.6. The molecule has 0 radical (unpaired) electrons. The van der Waals surface area contributed by atoms with Crippen LogP contribution >= 0.6 is 0 Å². The van der Waals surface area contributed by atoms with Gasteiger partial charge in [0.1, 0.15) is 0 Å². The normalized spacial score (nSPS) is 15.5. The van der Waals surface area contributed by atoms with Crippen molar-refractivity contribution in [1.82, 2.24) is 14.1 Å². The number of nitrogens with zero attached hydrogens (tertiary/aromatic N) is 2. The fourth-order valence-corrected chi connectivity index (χ4v) is 4.74. The number of H-pyrrole nitrogens is 1. The molecule has 4 rings (SSSR count). The third kappa shape index (κ3) is 2.67. The highest BCUT2D eigenvalue weighted by molar-refractivity contribution is 7.89. The predicted octanol–water partition coefficient (Wildman–Crippen LogP) is 1.46. The minimum absolute atomic E-state index is 0.180. The van der Waals surface area contributed by atoms with Gasteiger partial charge >= 0.3 is 0 Å². The van der Waals surface area contributed by atoms with E-state index in [9.17, 15) is 18.0 Å². The minimum Gasteiger partial charge on any atom is -0.267 e. The Morgan fingerprint density at radius 2 is 1.46 bits per heavy atom. The van der Waals surface area contributed by atoms with Crippen LogP contribution in [0.5, 0.6) is 0 Å². The second kappa shape index (κ2) is 6.22. The molecule has 2 aromatic carbocycles. The lowest BCUT2D eigenvalue weighted by Gasteiger charge is -2.15. The number of hydrogen-bond donors (Lipinski definition) is 1. The number of hydrogen-bond acceptors (Lipinski definition) is 4. The highest BCUT2D eigenvalue weighted by Crippen LogP contribution is 2.21. The zero-order valence-electron chi connectivity index (χ0n) is 13.9. The van der Waals surface area contributed by atoms with Gasteiger partial charge in [-0.05, 0) is 49.2 Å². The third-order valence-electron chi connectivity index (χ3n) is 4.62. The Morgan fingerprint density at radius 3 is 2.12 bits per heavy atom. The molecule has 0 aliphatic carbocycles.